The summed E-state index contributed by atoms with van der Waals surface area (Å²) in [6.45, 7) is 11.2. The Bertz CT molecular complexity index is 692. The van der Waals surface area contributed by atoms with Crippen molar-refractivity contribution in [2.24, 2.45) is 0 Å². The number of nitrogens with two attached hydrogens (primary N) is 1. The smallest absolute Gasteiger partial charge is 0.205 e. The molecule has 2 rings (SSSR count). The third kappa shape index (κ3) is 4.42. The molecular formula is C19H25FNOSi. The topological polar surface area (TPSA) is 35.2 Å². The van der Waals surface area contributed by atoms with Crippen molar-refractivity contribution in [1.82, 2.24) is 0 Å². The molecule has 0 aromatic heterocycles. The lowest BCUT2D eigenvalue weighted by Gasteiger charge is -2.22. The molecule has 4 heteroatoms. The van der Waals surface area contributed by atoms with E-state index in [0.29, 0.717) is 17.9 Å². The van der Waals surface area contributed by atoms with Crippen LogP contribution in [0.5, 0.6) is 0 Å². The highest BCUT2D eigenvalue weighted by Crippen LogP contribution is 2.32. The van der Waals surface area contributed by atoms with Crippen LogP contribution in [0.2, 0.25) is 13.1 Å². The second-order valence-electron chi connectivity index (χ2n) is 7.06. The van der Waals surface area contributed by atoms with Crippen molar-refractivity contribution >= 4 is 14.7 Å². The van der Waals surface area contributed by atoms with E-state index in [0.717, 1.165) is 11.1 Å². The average molecular weight is 330 g/mol. The van der Waals surface area contributed by atoms with Gasteiger partial charge in [0.25, 0.3) is 0 Å². The van der Waals surface area contributed by atoms with E-state index in [-0.39, 0.29) is 11.2 Å². The summed E-state index contributed by atoms with van der Waals surface area (Å²) in [5.74, 6) is -0.262. The molecule has 23 heavy (non-hydrogen) atoms. The van der Waals surface area contributed by atoms with Gasteiger partial charge in [-0.1, -0.05) is 39.0 Å². The molecule has 0 amide bonds. The molecule has 2 aromatic carbocycles. The highest BCUT2D eigenvalue weighted by molar-refractivity contribution is 6.48. The number of anilines is 1. The van der Waals surface area contributed by atoms with Crippen LogP contribution in [0.25, 0.3) is 11.1 Å². The fourth-order valence-electron chi connectivity index (χ4n) is 2.41. The largest absolute Gasteiger partial charge is 0.413 e. The summed E-state index contributed by atoms with van der Waals surface area (Å²) in [4.78, 5) is 0. The van der Waals surface area contributed by atoms with Crippen LogP contribution in [0.15, 0.2) is 36.4 Å². The zero-order valence-electron chi connectivity index (χ0n) is 14.5. The molecule has 0 bridgehead atoms. The van der Waals surface area contributed by atoms with Gasteiger partial charge in [0.05, 0.1) is 6.61 Å². The Labute approximate surface area is 140 Å². The molecule has 0 unspecified atom stereocenters. The van der Waals surface area contributed by atoms with Gasteiger partial charge >= 0.3 is 0 Å². The Morgan fingerprint density at radius 1 is 1.04 bits per heavy atom. The normalized spacial score (nSPS) is 12.0. The van der Waals surface area contributed by atoms with Gasteiger partial charge in [0.15, 0.2) is 0 Å². The lowest BCUT2D eigenvalue weighted by molar-refractivity contribution is 0.315. The molecule has 0 heterocycles. The molecule has 1 radical (unpaired) electrons. The summed E-state index contributed by atoms with van der Waals surface area (Å²) in [5.41, 5.74) is 10.0. The van der Waals surface area contributed by atoms with Crippen molar-refractivity contribution < 1.29 is 8.82 Å². The van der Waals surface area contributed by atoms with Crippen molar-refractivity contribution in [3.8, 4) is 11.1 Å². The Hall–Kier alpha value is -1.65. The Morgan fingerprint density at radius 3 is 2.35 bits per heavy atom. The monoisotopic (exact) mass is 330 g/mol. The number of nitrogen functional groups attached to an aromatic ring is 1. The maximum Gasteiger partial charge on any atom is 0.205 e. The third-order valence-corrected chi connectivity index (χ3v) is 4.49. The maximum atomic E-state index is 14.3. The lowest BCUT2D eigenvalue weighted by atomic mass is 9.84. The molecule has 123 valence electrons. The summed E-state index contributed by atoms with van der Waals surface area (Å²) < 4.78 is 20.2. The summed E-state index contributed by atoms with van der Waals surface area (Å²) in [6.07, 6.45) is 0. The van der Waals surface area contributed by atoms with E-state index in [1.807, 2.05) is 6.07 Å². The van der Waals surface area contributed by atoms with E-state index in [1.54, 1.807) is 12.1 Å². The predicted octanol–water partition coefficient (Wildman–Crippen LogP) is 5.14. The van der Waals surface area contributed by atoms with Crippen molar-refractivity contribution in [3.05, 3.63) is 53.3 Å². The van der Waals surface area contributed by atoms with Gasteiger partial charge in [-0.25, -0.2) is 4.39 Å². The van der Waals surface area contributed by atoms with Crippen molar-refractivity contribution in [1.29, 1.82) is 0 Å². The van der Waals surface area contributed by atoms with E-state index in [4.69, 9.17) is 10.2 Å². The fraction of sp³-hybridized carbons (Fsp3) is 0.368. The van der Waals surface area contributed by atoms with Crippen LogP contribution in [-0.4, -0.2) is 9.04 Å². The maximum absolute atomic E-state index is 14.3. The van der Waals surface area contributed by atoms with Gasteiger partial charge in [-0.05, 0) is 53.4 Å². The number of rotatable bonds is 4. The van der Waals surface area contributed by atoms with Gasteiger partial charge in [0.2, 0.25) is 9.04 Å². The molecule has 0 spiro atoms. The number of benzene rings is 2. The SMILES string of the molecule is C[Si](C)OCc1cc(C(C)(C)C)ccc1-c1cc(N)ccc1F. The molecule has 2 N–H and O–H groups in total. The van der Waals surface area contributed by atoms with Crippen LogP contribution in [0, 0.1) is 5.82 Å². The van der Waals surface area contributed by atoms with E-state index in [2.05, 4.69) is 46.0 Å². The summed E-state index contributed by atoms with van der Waals surface area (Å²) >= 11 is 0. The number of hydrogen-bond acceptors (Lipinski definition) is 2. The van der Waals surface area contributed by atoms with Crippen LogP contribution < -0.4 is 5.73 Å². The quantitative estimate of drug-likeness (QED) is 0.622. The van der Waals surface area contributed by atoms with Gasteiger partial charge < -0.3 is 10.2 Å². The molecule has 0 aliphatic heterocycles. The minimum atomic E-state index is -0.814. The lowest BCUT2D eigenvalue weighted by Crippen LogP contribution is -2.13. The van der Waals surface area contributed by atoms with Crippen LogP contribution in [-0.2, 0) is 16.4 Å². The van der Waals surface area contributed by atoms with Crippen molar-refractivity contribution in [2.75, 3.05) is 5.73 Å². The molecule has 0 fully saturated rings. The predicted molar refractivity (Wildman–Crippen MR) is 97.2 cm³/mol. The summed E-state index contributed by atoms with van der Waals surface area (Å²) in [7, 11) is -0.814. The van der Waals surface area contributed by atoms with Gasteiger partial charge in [-0.2, -0.15) is 0 Å². The Balaban J connectivity index is 2.55. The van der Waals surface area contributed by atoms with E-state index >= 15 is 0 Å². The van der Waals surface area contributed by atoms with Gasteiger partial charge in [0.1, 0.15) is 5.82 Å². The zero-order valence-corrected chi connectivity index (χ0v) is 15.5. The first-order valence-corrected chi connectivity index (χ1v) is 10.2. The highest BCUT2D eigenvalue weighted by atomic mass is 28.3. The Morgan fingerprint density at radius 2 is 1.74 bits per heavy atom. The molecule has 0 saturated carbocycles. The first-order chi connectivity index (χ1) is 10.7. The molecule has 0 atom stereocenters. The van der Waals surface area contributed by atoms with Crippen molar-refractivity contribution in [2.45, 2.75) is 45.9 Å². The summed E-state index contributed by atoms with van der Waals surface area (Å²) in [5, 5.41) is 0. The first kappa shape index (κ1) is 17.7. The molecule has 0 aliphatic carbocycles. The fourth-order valence-corrected chi connectivity index (χ4v) is 2.86. The van der Waals surface area contributed by atoms with Crippen LogP contribution >= 0.6 is 0 Å². The third-order valence-electron chi connectivity index (χ3n) is 3.77. The molecule has 2 aromatic rings. The van der Waals surface area contributed by atoms with Gasteiger partial charge in [0, 0.05) is 11.3 Å². The standard InChI is InChI=1S/C19H25FNOSi/c1-19(2,3)14-6-8-16(13(10-14)12-22-23(4)5)17-11-15(21)7-9-18(17)20/h6-11H,12,21H2,1-5H3. The second kappa shape index (κ2) is 6.85. The van der Waals surface area contributed by atoms with E-state index < -0.39 is 9.04 Å². The second-order valence-corrected chi connectivity index (χ2v) is 9.16. The Kier molecular flexibility index (Phi) is 5.27. The zero-order chi connectivity index (χ0) is 17.2. The number of halogens is 1. The minimum Gasteiger partial charge on any atom is -0.413 e. The summed E-state index contributed by atoms with van der Waals surface area (Å²) in [6, 6.07) is 10.9. The molecule has 0 aliphatic rings. The van der Waals surface area contributed by atoms with Gasteiger partial charge in [-0.15, -0.1) is 0 Å². The van der Waals surface area contributed by atoms with Crippen LogP contribution in [0.1, 0.15) is 31.9 Å². The average Bonchev–Trinajstić information content (AvgIpc) is 2.46. The molecular weight excluding hydrogens is 305 g/mol. The van der Waals surface area contributed by atoms with E-state index in [9.17, 15) is 4.39 Å². The van der Waals surface area contributed by atoms with E-state index in [1.165, 1.54) is 11.6 Å². The van der Waals surface area contributed by atoms with Crippen LogP contribution in [0.4, 0.5) is 10.1 Å². The molecule has 2 nitrogen and oxygen atoms in total. The van der Waals surface area contributed by atoms with Crippen molar-refractivity contribution in [3.63, 3.8) is 0 Å². The minimum absolute atomic E-state index is 0.0355. The first-order valence-electron chi connectivity index (χ1n) is 7.80. The van der Waals surface area contributed by atoms with Gasteiger partial charge in [-0.3, -0.25) is 0 Å². The van der Waals surface area contributed by atoms with Crippen LogP contribution in [0.3, 0.4) is 0 Å². The molecule has 0 saturated heterocycles. The number of hydrogen-bond donors (Lipinski definition) is 1. The highest BCUT2D eigenvalue weighted by Gasteiger charge is 2.18.